The first-order chi connectivity index (χ1) is 10.1. The number of hydrogen-bond donors (Lipinski definition) is 1. The third-order valence-corrected chi connectivity index (χ3v) is 4.12. The van der Waals surface area contributed by atoms with E-state index in [1.54, 1.807) is 13.0 Å². The summed E-state index contributed by atoms with van der Waals surface area (Å²) in [6.07, 6.45) is 1.92. The molecule has 0 spiro atoms. The van der Waals surface area contributed by atoms with Crippen molar-refractivity contribution in [1.82, 2.24) is 5.32 Å². The van der Waals surface area contributed by atoms with E-state index in [1.165, 1.54) is 5.56 Å². The summed E-state index contributed by atoms with van der Waals surface area (Å²) in [5.41, 5.74) is 2.94. The van der Waals surface area contributed by atoms with Gasteiger partial charge in [-0.15, -0.1) is 0 Å². The fraction of sp³-hybridized carbons (Fsp3) is 0.333. The van der Waals surface area contributed by atoms with Crippen LogP contribution in [0.2, 0.25) is 0 Å². The van der Waals surface area contributed by atoms with Crippen LogP contribution < -0.4 is 5.32 Å². The Labute approximate surface area is 134 Å². The van der Waals surface area contributed by atoms with E-state index in [0.717, 1.165) is 29.4 Å². The zero-order valence-corrected chi connectivity index (χ0v) is 14.1. The van der Waals surface area contributed by atoms with Gasteiger partial charge in [-0.3, -0.25) is 0 Å². The van der Waals surface area contributed by atoms with Crippen LogP contribution >= 0.6 is 15.9 Å². The van der Waals surface area contributed by atoms with Crippen molar-refractivity contribution in [3.05, 3.63) is 69.4 Å². The number of hydrogen-bond acceptors (Lipinski definition) is 1. The van der Waals surface area contributed by atoms with Crippen LogP contribution in [0.1, 0.15) is 36.1 Å². The van der Waals surface area contributed by atoms with E-state index < -0.39 is 0 Å². The van der Waals surface area contributed by atoms with E-state index >= 15 is 0 Å². The van der Waals surface area contributed by atoms with Gasteiger partial charge in [0.2, 0.25) is 0 Å². The van der Waals surface area contributed by atoms with Crippen LogP contribution in [0, 0.1) is 12.7 Å². The molecule has 0 saturated heterocycles. The second kappa shape index (κ2) is 7.71. The molecular weight excluding hydrogens is 329 g/mol. The number of aryl methyl sites for hydroxylation is 1. The van der Waals surface area contributed by atoms with Gasteiger partial charge in [0.05, 0.1) is 0 Å². The minimum atomic E-state index is -0.133. The lowest BCUT2D eigenvalue weighted by Gasteiger charge is -2.20. The van der Waals surface area contributed by atoms with Gasteiger partial charge in [0.25, 0.3) is 0 Å². The SMILES string of the molecule is CCCNC(Cc1ccc(Br)cc1)c1ccc(C)c(F)c1. The molecule has 0 aromatic heterocycles. The number of rotatable bonds is 6. The van der Waals surface area contributed by atoms with Crippen molar-refractivity contribution in [2.75, 3.05) is 6.54 Å². The average Bonchev–Trinajstić information content (AvgIpc) is 2.48. The first kappa shape index (κ1) is 16.2. The molecule has 0 aliphatic carbocycles. The van der Waals surface area contributed by atoms with Crippen LogP contribution in [0.25, 0.3) is 0 Å². The van der Waals surface area contributed by atoms with Gasteiger partial charge < -0.3 is 5.32 Å². The molecule has 2 rings (SSSR count). The average molecular weight is 350 g/mol. The van der Waals surface area contributed by atoms with Crippen molar-refractivity contribution in [2.24, 2.45) is 0 Å². The van der Waals surface area contributed by atoms with Crippen molar-refractivity contribution in [3.8, 4) is 0 Å². The fourth-order valence-corrected chi connectivity index (χ4v) is 2.57. The molecule has 0 saturated carbocycles. The molecule has 1 nitrogen and oxygen atoms in total. The van der Waals surface area contributed by atoms with Gasteiger partial charge in [0.1, 0.15) is 5.82 Å². The Morgan fingerprint density at radius 2 is 1.86 bits per heavy atom. The quantitative estimate of drug-likeness (QED) is 0.757. The van der Waals surface area contributed by atoms with Gasteiger partial charge in [-0.2, -0.15) is 0 Å². The van der Waals surface area contributed by atoms with Crippen LogP contribution in [0.5, 0.6) is 0 Å². The molecule has 0 radical (unpaired) electrons. The van der Waals surface area contributed by atoms with Gasteiger partial charge in [-0.05, 0) is 61.2 Å². The largest absolute Gasteiger partial charge is 0.310 e. The highest BCUT2D eigenvalue weighted by molar-refractivity contribution is 9.10. The fourth-order valence-electron chi connectivity index (χ4n) is 2.31. The van der Waals surface area contributed by atoms with E-state index in [1.807, 2.05) is 24.3 Å². The molecule has 1 N–H and O–H groups in total. The Morgan fingerprint density at radius 3 is 2.48 bits per heavy atom. The molecule has 2 aromatic carbocycles. The standard InChI is InChI=1S/C18H21BrFN/c1-3-10-21-18(11-14-5-8-16(19)9-6-14)15-7-4-13(2)17(20)12-15/h4-9,12,18,21H,3,10-11H2,1-2H3. The summed E-state index contributed by atoms with van der Waals surface area (Å²) in [6.45, 7) is 4.86. The second-order valence-corrected chi connectivity index (χ2v) is 6.26. The molecule has 0 heterocycles. The highest BCUT2D eigenvalue weighted by Crippen LogP contribution is 2.22. The Hall–Kier alpha value is -1.19. The van der Waals surface area contributed by atoms with E-state index in [0.29, 0.717) is 5.56 Å². The normalized spacial score (nSPS) is 12.4. The van der Waals surface area contributed by atoms with Crippen molar-refractivity contribution < 1.29 is 4.39 Å². The first-order valence-electron chi connectivity index (χ1n) is 7.34. The summed E-state index contributed by atoms with van der Waals surface area (Å²) in [6, 6.07) is 14.0. The summed E-state index contributed by atoms with van der Waals surface area (Å²) in [7, 11) is 0. The third-order valence-electron chi connectivity index (χ3n) is 3.59. The van der Waals surface area contributed by atoms with E-state index in [9.17, 15) is 4.39 Å². The van der Waals surface area contributed by atoms with E-state index in [4.69, 9.17) is 0 Å². The van der Waals surface area contributed by atoms with Crippen LogP contribution in [0.15, 0.2) is 46.9 Å². The lowest BCUT2D eigenvalue weighted by Crippen LogP contribution is -2.24. The van der Waals surface area contributed by atoms with Crippen molar-refractivity contribution in [3.63, 3.8) is 0 Å². The molecule has 0 aliphatic rings. The number of benzene rings is 2. The molecule has 21 heavy (non-hydrogen) atoms. The molecule has 0 bridgehead atoms. The predicted molar refractivity (Wildman–Crippen MR) is 90.0 cm³/mol. The molecule has 1 unspecified atom stereocenters. The highest BCUT2D eigenvalue weighted by Gasteiger charge is 2.13. The monoisotopic (exact) mass is 349 g/mol. The Balaban J connectivity index is 2.20. The van der Waals surface area contributed by atoms with Gasteiger partial charge in [0.15, 0.2) is 0 Å². The molecule has 1 atom stereocenters. The molecule has 3 heteroatoms. The lowest BCUT2D eigenvalue weighted by atomic mass is 9.97. The zero-order chi connectivity index (χ0) is 15.2. The number of halogens is 2. The van der Waals surface area contributed by atoms with Crippen LogP contribution in [0.3, 0.4) is 0 Å². The summed E-state index contributed by atoms with van der Waals surface area (Å²) < 4.78 is 14.9. The van der Waals surface area contributed by atoms with Crippen LogP contribution in [-0.4, -0.2) is 6.54 Å². The zero-order valence-electron chi connectivity index (χ0n) is 12.5. The Kier molecular flexibility index (Phi) is 5.95. The minimum Gasteiger partial charge on any atom is -0.310 e. The predicted octanol–water partition coefficient (Wildman–Crippen LogP) is 5.18. The topological polar surface area (TPSA) is 12.0 Å². The number of nitrogens with one attached hydrogen (secondary N) is 1. The van der Waals surface area contributed by atoms with Crippen molar-refractivity contribution >= 4 is 15.9 Å². The van der Waals surface area contributed by atoms with E-state index in [-0.39, 0.29) is 11.9 Å². The molecule has 2 aromatic rings. The summed E-state index contributed by atoms with van der Waals surface area (Å²) in [5.74, 6) is -0.133. The van der Waals surface area contributed by atoms with Gasteiger partial charge in [0, 0.05) is 10.5 Å². The maximum atomic E-state index is 13.8. The molecular formula is C18H21BrFN. The smallest absolute Gasteiger partial charge is 0.126 e. The Bertz CT molecular complexity index is 580. The second-order valence-electron chi connectivity index (χ2n) is 5.35. The van der Waals surface area contributed by atoms with Crippen LogP contribution in [0.4, 0.5) is 4.39 Å². The molecule has 0 fully saturated rings. The summed E-state index contributed by atoms with van der Waals surface area (Å²) in [5, 5.41) is 3.52. The summed E-state index contributed by atoms with van der Waals surface area (Å²) >= 11 is 3.45. The van der Waals surface area contributed by atoms with Crippen molar-refractivity contribution in [1.29, 1.82) is 0 Å². The highest BCUT2D eigenvalue weighted by atomic mass is 79.9. The first-order valence-corrected chi connectivity index (χ1v) is 8.13. The molecule has 112 valence electrons. The summed E-state index contributed by atoms with van der Waals surface area (Å²) in [4.78, 5) is 0. The van der Waals surface area contributed by atoms with E-state index in [2.05, 4.69) is 40.3 Å². The third kappa shape index (κ3) is 4.65. The maximum Gasteiger partial charge on any atom is 0.126 e. The molecule has 0 amide bonds. The van der Waals surface area contributed by atoms with Crippen LogP contribution in [-0.2, 0) is 6.42 Å². The van der Waals surface area contributed by atoms with Gasteiger partial charge in [-0.1, -0.05) is 47.1 Å². The minimum absolute atomic E-state index is 0.133. The molecule has 0 aliphatic heterocycles. The van der Waals surface area contributed by atoms with Gasteiger partial charge >= 0.3 is 0 Å². The van der Waals surface area contributed by atoms with Gasteiger partial charge in [-0.25, -0.2) is 4.39 Å². The van der Waals surface area contributed by atoms with Crippen molar-refractivity contribution in [2.45, 2.75) is 32.7 Å². The Morgan fingerprint density at radius 1 is 1.14 bits per heavy atom. The maximum absolute atomic E-state index is 13.8. The lowest BCUT2D eigenvalue weighted by molar-refractivity contribution is 0.523.